The number of aliphatic hydroxyl groups is 4. The molecule has 5 N–H and O–H groups in total. The molecule has 2 aromatic carbocycles. The summed E-state index contributed by atoms with van der Waals surface area (Å²) in [6, 6.07) is 12.1. The summed E-state index contributed by atoms with van der Waals surface area (Å²) in [5, 5.41) is 54.5. The van der Waals surface area contributed by atoms with Crippen molar-refractivity contribution in [3.8, 4) is 0 Å². The summed E-state index contributed by atoms with van der Waals surface area (Å²) in [5.41, 5.74) is 3.09. The summed E-state index contributed by atoms with van der Waals surface area (Å²) in [6.45, 7) is 3.18. The number of hydrogen-bond acceptors (Lipinski definition) is 10. The molecule has 2 heterocycles. The second kappa shape index (κ2) is 11.3. The molecule has 2 fully saturated rings. The quantitative estimate of drug-likeness (QED) is 0.259. The van der Waals surface area contributed by atoms with Crippen LogP contribution in [0.25, 0.3) is 0 Å². The molecular weight excluding hydrogens is 456 g/mol. The normalized spacial score (nSPS) is 25.4. The van der Waals surface area contributed by atoms with Crippen LogP contribution in [0, 0.1) is 10.1 Å². The fourth-order valence-corrected chi connectivity index (χ4v) is 4.59. The number of nitrogens with one attached hydrogen (secondary N) is 1. The molecule has 0 amide bonds. The van der Waals surface area contributed by atoms with E-state index in [9.17, 15) is 30.5 Å². The molecule has 0 saturated carbocycles. The lowest BCUT2D eigenvalue weighted by molar-refractivity contribution is -0.383. The zero-order valence-electron chi connectivity index (χ0n) is 19.4. The van der Waals surface area contributed by atoms with Crippen LogP contribution in [0.15, 0.2) is 42.5 Å². The van der Waals surface area contributed by atoms with Gasteiger partial charge >= 0.3 is 0 Å². The SMILES string of the molecule is O=[N+]([O-])c1cc(N2CCOCC2)ccc1NCc1ccc(CN2C[C@@H](O)[C@H](O)[C@@H](O)[C@@H]2CO)cc1. The number of hydrogen-bond donors (Lipinski definition) is 5. The van der Waals surface area contributed by atoms with Gasteiger partial charge in [-0.3, -0.25) is 15.0 Å². The van der Waals surface area contributed by atoms with E-state index in [2.05, 4.69) is 10.2 Å². The van der Waals surface area contributed by atoms with E-state index in [4.69, 9.17) is 4.74 Å². The Labute approximate surface area is 203 Å². The topological polar surface area (TPSA) is 152 Å². The van der Waals surface area contributed by atoms with Gasteiger partial charge in [-0.05, 0) is 23.3 Å². The Morgan fingerprint density at radius 1 is 1.03 bits per heavy atom. The Bertz CT molecular complexity index is 1000. The highest BCUT2D eigenvalue weighted by Gasteiger charge is 2.40. The van der Waals surface area contributed by atoms with Crippen molar-refractivity contribution >= 4 is 17.1 Å². The molecule has 4 rings (SSSR count). The number of benzene rings is 2. The van der Waals surface area contributed by atoms with Crippen molar-refractivity contribution in [1.82, 2.24) is 4.90 Å². The van der Waals surface area contributed by atoms with E-state index in [1.807, 2.05) is 30.3 Å². The molecule has 0 unspecified atom stereocenters. The van der Waals surface area contributed by atoms with Crippen LogP contribution in [-0.4, -0.2) is 94.1 Å². The minimum atomic E-state index is -1.29. The Hall–Kier alpha value is -2.80. The van der Waals surface area contributed by atoms with Gasteiger partial charge in [-0.1, -0.05) is 24.3 Å². The highest BCUT2D eigenvalue weighted by molar-refractivity contribution is 5.68. The fourth-order valence-electron chi connectivity index (χ4n) is 4.59. The Kier molecular flexibility index (Phi) is 8.16. The maximum absolute atomic E-state index is 11.7. The summed E-state index contributed by atoms with van der Waals surface area (Å²) in [5.74, 6) is 0. The Morgan fingerprint density at radius 3 is 2.37 bits per heavy atom. The van der Waals surface area contributed by atoms with Crippen LogP contribution in [0.4, 0.5) is 17.1 Å². The van der Waals surface area contributed by atoms with Gasteiger partial charge in [0.1, 0.15) is 17.9 Å². The lowest BCUT2D eigenvalue weighted by atomic mass is 9.93. The van der Waals surface area contributed by atoms with Crippen LogP contribution in [0.2, 0.25) is 0 Å². The molecule has 11 nitrogen and oxygen atoms in total. The minimum Gasteiger partial charge on any atom is -0.395 e. The monoisotopic (exact) mass is 488 g/mol. The lowest BCUT2D eigenvalue weighted by Gasteiger charge is -2.43. The van der Waals surface area contributed by atoms with Crippen LogP contribution in [0.1, 0.15) is 11.1 Å². The number of nitrogens with zero attached hydrogens (tertiary/aromatic N) is 3. The first-order valence-corrected chi connectivity index (χ1v) is 11.7. The number of ether oxygens (including phenoxy) is 1. The van der Waals surface area contributed by atoms with Gasteiger partial charge in [0.25, 0.3) is 5.69 Å². The Morgan fingerprint density at radius 2 is 1.71 bits per heavy atom. The second-order valence-corrected chi connectivity index (χ2v) is 8.96. The number of nitro benzene ring substituents is 1. The van der Waals surface area contributed by atoms with Crippen LogP contribution >= 0.6 is 0 Å². The van der Waals surface area contributed by atoms with Crippen LogP contribution in [0.3, 0.4) is 0 Å². The predicted molar refractivity (Wildman–Crippen MR) is 129 cm³/mol. The first-order chi connectivity index (χ1) is 16.9. The molecule has 0 aromatic heterocycles. The molecule has 35 heavy (non-hydrogen) atoms. The number of anilines is 2. The van der Waals surface area contributed by atoms with Gasteiger partial charge in [-0.25, -0.2) is 0 Å². The number of piperidine rings is 1. The van der Waals surface area contributed by atoms with E-state index in [0.717, 1.165) is 16.8 Å². The molecule has 2 aliphatic heterocycles. The summed E-state index contributed by atoms with van der Waals surface area (Å²) < 4.78 is 5.35. The standard InChI is InChI=1S/C24H32N4O7/c29-15-21-23(31)24(32)22(30)14-27(21)13-17-3-1-16(2-4-17)12-25-19-6-5-18(11-20(19)28(33)34)26-7-9-35-10-8-26/h1-6,11,21-25,29-32H,7-10,12-15H2/t21-,22+,23-,24-/m0/s1. The first-order valence-electron chi connectivity index (χ1n) is 11.7. The number of β-amino-alcohol motifs (C(OH)–C–C–N with tert-alkyl or cyclic N) is 1. The van der Waals surface area contributed by atoms with Crippen LogP contribution in [0.5, 0.6) is 0 Å². The van der Waals surface area contributed by atoms with Crippen LogP contribution < -0.4 is 10.2 Å². The molecule has 0 aliphatic carbocycles. The molecule has 2 aliphatic rings. The van der Waals surface area contributed by atoms with E-state index in [1.54, 1.807) is 17.0 Å². The van der Waals surface area contributed by atoms with E-state index < -0.39 is 24.4 Å². The summed E-state index contributed by atoms with van der Waals surface area (Å²) in [6.07, 6.45) is -3.62. The van der Waals surface area contributed by atoms with Gasteiger partial charge in [0.05, 0.1) is 36.9 Å². The van der Waals surface area contributed by atoms with Gasteiger partial charge in [-0.15, -0.1) is 0 Å². The van der Waals surface area contributed by atoms with E-state index in [1.165, 1.54) is 0 Å². The lowest BCUT2D eigenvalue weighted by Crippen LogP contribution is -2.62. The van der Waals surface area contributed by atoms with Gasteiger partial charge in [0.15, 0.2) is 0 Å². The van der Waals surface area contributed by atoms with Gasteiger partial charge in [-0.2, -0.15) is 0 Å². The van der Waals surface area contributed by atoms with Crippen LogP contribution in [-0.2, 0) is 17.8 Å². The van der Waals surface area contributed by atoms with Gasteiger partial charge in [0, 0.05) is 44.5 Å². The number of nitro groups is 1. The number of rotatable bonds is 8. The third kappa shape index (κ3) is 5.89. The van der Waals surface area contributed by atoms with Crippen molar-refractivity contribution in [2.24, 2.45) is 0 Å². The average Bonchev–Trinajstić information content (AvgIpc) is 2.87. The van der Waals surface area contributed by atoms with E-state index in [0.29, 0.717) is 45.1 Å². The molecule has 2 saturated heterocycles. The van der Waals surface area contributed by atoms with Crippen molar-refractivity contribution in [3.05, 3.63) is 63.7 Å². The molecule has 11 heteroatoms. The van der Waals surface area contributed by atoms with Crippen molar-refractivity contribution in [3.63, 3.8) is 0 Å². The third-order valence-electron chi connectivity index (χ3n) is 6.66. The maximum atomic E-state index is 11.7. The highest BCUT2D eigenvalue weighted by Crippen LogP contribution is 2.30. The van der Waals surface area contributed by atoms with Crippen molar-refractivity contribution in [2.45, 2.75) is 37.4 Å². The summed E-state index contributed by atoms with van der Waals surface area (Å²) in [4.78, 5) is 15.1. The third-order valence-corrected chi connectivity index (χ3v) is 6.66. The largest absolute Gasteiger partial charge is 0.395 e. The molecule has 2 aromatic rings. The molecule has 0 spiro atoms. The van der Waals surface area contributed by atoms with Gasteiger partial charge in [0.2, 0.25) is 0 Å². The van der Waals surface area contributed by atoms with E-state index in [-0.39, 0.29) is 23.8 Å². The van der Waals surface area contributed by atoms with Gasteiger partial charge < -0.3 is 35.4 Å². The zero-order valence-corrected chi connectivity index (χ0v) is 19.4. The number of morpholine rings is 1. The smallest absolute Gasteiger partial charge is 0.294 e. The minimum absolute atomic E-state index is 0.0186. The Balaban J connectivity index is 1.39. The number of aliphatic hydroxyl groups excluding tert-OH is 4. The number of likely N-dealkylation sites (tertiary alicyclic amines) is 1. The maximum Gasteiger partial charge on any atom is 0.294 e. The summed E-state index contributed by atoms with van der Waals surface area (Å²) in [7, 11) is 0. The highest BCUT2D eigenvalue weighted by atomic mass is 16.6. The fraction of sp³-hybridized carbons (Fsp3) is 0.500. The average molecular weight is 489 g/mol. The predicted octanol–water partition coefficient (Wildman–Crippen LogP) is 0.303. The van der Waals surface area contributed by atoms with Crippen molar-refractivity contribution in [2.75, 3.05) is 49.7 Å². The molecule has 190 valence electrons. The van der Waals surface area contributed by atoms with Crippen molar-refractivity contribution in [1.29, 1.82) is 0 Å². The molecule has 0 radical (unpaired) electrons. The second-order valence-electron chi connectivity index (χ2n) is 8.96. The van der Waals surface area contributed by atoms with Crippen molar-refractivity contribution < 1.29 is 30.1 Å². The first kappa shape index (κ1) is 25.3. The molecule has 4 atom stereocenters. The zero-order chi connectivity index (χ0) is 24.9. The van der Waals surface area contributed by atoms with E-state index >= 15 is 0 Å². The molecule has 0 bridgehead atoms. The summed E-state index contributed by atoms with van der Waals surface area (Å²) >= 11 is 0. The molecular formula is C24H32N4O7.